The number of hydrogen-bond acceptors (Lipinski definition) is 6. The fraction of sp³-hybridized carbons (Fsp3) is 0.263. The molecular formula is C19H18F3N5O2S. The van der Waals surface area contributed by atoms with Gasteiger partial charge in [0.15, 0.2) is 0 Å². The Balaban J connectivity index is 1.67. The zero-order valence-electron chi connectivity index (χ0n) is 16.1. The summed E-state index contributed by atoms with van der Waals surface area (Å²) in [5, 5.41) is 11.3. The normalized spacial score (nSPS) is 12.4. The number of carbonyl (C=O) groups excluding carboxylic acids is 1. The fourth-order valence-electron chi connectivity index (χ4n) is 2.66. The average Bonchev–Trinajstić information content (AvgIpc) is 3.15. The van der Waals surface area contributed by atoms with Gasteiger partial charge in [-0.1, -0.05) is 42.1 Å². The molecule has 30 heavy (non-hydrogen) atoms. The highest BCUT2D eigenvalue weighted by atomic mass is 32.2. The van der Waals surface area contributed by atoms with Crippen LogP contribution in [0, 0.1) is 0 Å². The lowest BCUT2D eigenvalue weighted by Crippen LogP contribution is -2.32. The maximum Gasteiger partial charge on any atom is 0.573 e. The van der Waals surface area contributed by atoms with Gasteiger partial charge in [0.2, 0.25) is 11.1 Å². The Morgan fingerprint density at radius 1 is 1.17 bits per heavy atom. The van der Waals surface area contributed by atoms with Crippen LogP contribution in [0.3, 0.4) is 0 Å². The molecule has 0 saturated heterocycles. The predicted octanol–water partition coefficient (Wildman–Crippen LogP) is 3.70. The van der Waals surface area contributed by atoms with Crippen molar-refractivity contribution in [2.75, 3.05) is 7.05 Å². The first-order valence-electron chi connectivity index (χ1n) is 8.83. The molecule has 1 atom stereocenters. The molecule has 0 aliphatic rings. The minimum Gasteiger partial charge on any atom is -0.406 e. The molecule has 0 N–H and O–H groups in total. The molecule has 1 unspecified atom stereocenters. The first kappa shape index (κ1) is 21.6. The summed E-state index contributed by atoms with van der Waals surface area (Å²) in [5.74, 6) is -0.452. The van der Waals surface area contributed by atoms with E-state index in [2.05, 4.69) is 20.3 Å². The molecule has 0 radical (unpaired) electrons. The number of aromatic nitrogens is 4. The van der Waals surface area contributed by atoms with E-state index in [1.807, 2.05) is 30.3 Å². The number of nitrogens with zero attached hydrogens (tertiary/aromatic N) is 5. The molecular weight excluding hydrogens is 419 g/mol. The average molecular weight is 437 g/mol. The standard InChI is InChI=1S/C19H18F3N5O2S/c1-13(17(28)26(2)12-14-6-4-3-5-7-14)30-18-23-24-25-27(18)15-8-10-16(11-9-15)29-19(20,21)22/h3-11,13H,12H2,1-2H3. The van der Waals surface area contributed by atoms with Gasteiger partial charge in [-0.2, -0.15) is 4.68 Å². The molecule has 0 aliphatic heterocycles. The summed E-state index contributed by atoms with van der Waals surface area (Å²) in [6.45, 7) is 2.21. The third kappa shape index (κ3) is 5.72. The molecule has 1 aromatic heterocycles. The highest BCUT2D eigenvalue weighted by Crippen LogP contribution is 2.27. The molecule has 1 heterocycles. The summed E-state index contributed by atoms with van der Waals surface area (Å²) in [7, 11) is 1.72. The van der Waals surface area contributed by atoms with Gasteiger partial charge in [-0.05, 0) is 47.2 Å². The lowest BCUT2D eigenvalue weighted by molar-refractivity contribution is -0.274. The highest BCUT2D eigenvalue weighted by molar-refractivity contribution is 8.00. The van der Waals surface area contributed by atoms with Gasteiger partial charge in [0.05, 0.1) is 10.9 Å². The van der Waals surface area contributed by atoms with Crippen LogP contribution in [0.25, 0.3) is 5.69 Å². The Labute approximate surface area is 174 Å². The summed E-state index contributed by atoms with van der Waals surface area (Å²) in [6, 6.07) is 14.7. The van der Waals surface area contributed by atoms with E-state index < -0.39 is 11.6 Å². The van der Waals surface area contributed by atoms with Crippen LogP contribution in [-0.2, 0) is 11.3 Å². The largest absolute Gasteiger partial charge is 0.573 e. The molecule has 0 saturated carbocycles. The first-order valence-corrected chi connectivity index (χ1v) is 9.71. The van der Waals surface area contributed by atoms with Crippen molar-refractivity contribution in [1.82, 2.24) is 25.1 Å². The summed E-state index contributed by atoms with van der Waals surface area (Å²) in [6.07, 6.45) is -4.76. The summed E-state index contributed by atoms with van der Waals surface area (Å²) >= 11 is 1.16. The zero-order chi connectivity index (χ0) is 21.7. The third-order valence-corrected chi connectivity index (χ3v) is 5.05. The molecule has 11 heteroatoms. The van der Waals surface area contributed by atoms with Crippen LogP contribution in [0.5, 0.6) is 5.75 Å². The number of thioether (sulfide) groups is 1. The molecule has 0 fully saturated rings. The molecule has 2 aromatic carbocycles. The molecule has 3 aromatic rings. The summed E-state index contributed by atoms with van der Waals surface area (Å²) in [5.41, 5.74) is 1.45. The van der Waals surface area contributed by atoms with Gasteiger partial charge in [0.25, 0.3) is 0 Å². The van der Waals surface area contributed by atoms with Crippen molar-refractivity contribution < 1.29 is 22.7 Å². The number of amides is 1. The van der Waals surface area contributed by atoms with Crippen molar-refractivity contribution in [3.63, 3.8) is 0 Å². The number of halogens is 3. The van der Waals surface area contributed by atoms with Crippen LogP contribution in [0.15, 0.2) is 59.8 Å². The minimum absolute atomic E-state index is 0.104. The number of alkyl halides is 3. The van der Waals surface area contributed by atoms with E-state index in [0.29, 0.717) is 17.4 Å². The Bertz CT molecular complexity index is 980. The Hall–Kier alpha value is -3.08. The maximum atomic E-state index is 12.7. The second-order valence-electron chi connectivity index (χ2n) is 6.35. The van der Waals surface area contributed by atoms with Gasteiger partial charge in [-0.15, -0.1) is 18.3 Å². The number of hydrogen-bond donors (Lipinski definition) is 0. The monoisotopic (exact) mass is 437 g/mol. The second-order valence-corrected chi connectivity index (χ2v) is 7.66. The van der Waals surface area contributed by atoms with Gasteiger partial charge in [0.1, 0.15) is 5.75 Å². The maximum absolute atomic E-state index is 12.7. The van der Waals surface area contributed by atoms with Gasteiger partial charge < -0.3 is 9.64 Å². The van der Waals surface area contributed by atoms with Crippen molar-refractivity contribution >= 4 is 17.7 Å². The lowest BCUT2D eigenvalue weighted by Gasteiger charge is -2.21. The molecule has 1 amide bonds. The van der Waals surface area contributed by atoms with Crippen molar-refractivity contribution in [3.8, 4) is 11.4 Å². The highest BCUT2D eigenvalue weighted by Gasteiger charge is 2.31. The molecule has 7 nitrogen and oxygen atoms in total. The molecule has 158 valence electrons. The van der Waals surface area contributed by atoms with Crippen LogP contribution in [0.2, 0.25) is 0 Å². The van der Waals surface area contributed by atoms with Crippen LogP contribution in [0.1, 0.15) is 12.5 Å². The number of rotatable bonds is 7. The van der Waals surface area contributed by atoms with Gasteiger partial charge in [-0.3, -0.25) is 4.79 Å². The van der Waals surface area contributed by atoms with Gasteiger partial charge in [-0.25, -0.2) is 0 Å². The Kier molecular flexibility index (Phi) is 6.60. The topological polar surface area (TPSA) is 73.1 Å². The van der Waals surface area contributed by atoms with Crippen molar-refractivity contribution in [1.29, 1.82) is 0 Å². The summed E-state index contributed by atoms with van der Waals surface area (Å²) < 4.78 is 42.1. The molecule has 0 spiro atoms. The van der Waals surface area contributed by atoms with Crippen LogP contribution in [0.4, 0.5) is 13.2 Å². The van der Waals surface area contributed by atoms with E-state index in [1.54, 1.807) is 18.9 Å². The number of benzene rings is 2. The van der Waals surface area contributed by atoms with Crippen LogP contribution < -0.4 is 4.74 Å². The zero-order valence-corrected chi connectivity index (χ0v) is 16.9. The molecule has 0 aliphatic carbocycles. The number of tetrazole rings is 1. The van der Waals surface area contributed by atoms with E-state index in [1.165, 1.54) is 28.9 Å². The summed E-state index contributed by atoms with van der Waals surface area (Å²) in [4.78, 5) is 14.3. The quantitative estimate of drug-likeness (QED) is 0.525. The van der Waals surface area contributed by atoms with E-state index in [4.69, 9.17) is 0 Å². The van der Waals surface area contributed by atoms with E-state index in [9.17, 15) is 18.0 Å². The van der Waals surface area contributed by atoms with Crippen molar-refractivity contribution in [2.24, 2.45) is 0 Å². The third-order valence-electron chi connectivity index (χ3n) is 4.02. The first-order chi connectivity index (χ1) is 14.2. The van der Waals surface area contributed by atoms with Crippen molar-refractivity contribution in [2.45, 2.75) is 30.2 Å². The van der Waals surface area contributed by atoms with E-state index >= 15 is 0 Å². The fourth-order valence-corrected chi connectivity index (χ4v) is 3.58. The molecule has 3 rings (SSSR count). The minimum atomic E-state index is -4.76. The molecule has 0 bridgehead atoms. The Morgan fingerprint density at radius 3 is 2.47 bits per heavy atom. The van der Waals surface area contributed by atoms with E-state index in [-0.39, 0.29) is 11.7 Å². The van der Waals surface area contributed by atoms with E-state index in [0.717, 1.165) is 17.3 Å². The predicted molar refractivity (Wildman–Crippen MR) is 104 cm³/mol. The number of ether oxygens (including phenoxy) is 1. The lowest BCUT2D eigenvalue weighted by atomic mass is 10.2. The number of carbonyl (C=O) groups is 1. The van der Waals surface area contributed by atoms with Crippen molar-refractivity contribution in [3.05, 3.63) is 60.2 Å². The van der Waals surface area contributed by atoms with Gasteiger partial charge in [0, 0.05) is 13.6 Å². The second kappa shape index (κ2) is 9.16. The van der Waals surface area contributed by atoms with Crippen LogP contribution in [-0.4, -0.2) is 49.7 Å². The SMILES string of the molecule is CC(Sc1nnnn1-c1ccc(OC(F)(F)F)cc1)C(=O)N(C)Cc1ccccc1. The van der Waals surface area contributed by atoms with Crippen LogP contribution >= 0.6 is 11.8 Å². The smallest absolute Gasteiger partial charge is 0.406 e. The van der Waals surface area contributed by atoms with Gasteiger partial charge >= 0.3 is 6.36 Å². The Morgan fingerprint density at radius 2 is 1.83 bits per heavy atom.